The molecular weight excluding hydrogens is 280 g/mol. The molecule has 0 aliphatic carbocycles. The van der Waals surface area contributed by atoms with Crippen molar-refractivity contribution < 1.29 is 9.18 Å². The van der Waals surface area contributed by atoms with Crippen LogP contribution in [0.5, 0.6) is 0 Å². The molecule has 2 rings (SSSR count). The molecule has 0 atom stereocenters. The molecule has 0 unspecified atom stereocenters. The summed E-state index contributed by atoms with van der Waals surface area (Å²) >= 11 is 11.2. The summed E-state index contributed by atoms with van der Waals surface area (Å²) in [5, 5.41) is 2.67. The molecule has 4 nitrogen and oxygen atoms in total. The number of carbonyl (C=O) groups excluding carboxylic acids is 1. The molecule has 1 amide bonds. The second-order valence-corrected chi connectivity index (χ2v) is 4.13. The molecule has 0 aliphatic heterocycles. The van der Waals surface area contributed by atoms with E-state index in [0.717, 1.165) is 6.07 Å². The predicted octanol–water partition coefficient (Wildman–Crippen LogP) is 3.17. The van der Waals surface area contributed by atoms with Crippen LogP contribution in [-0.2, 0) is 0 Å². The molecule has 0 aliphatic rings. The highest BCUT2D eigenvalue weighted by molar-refractivity contribution is 6.30. The molecule has 1 heterocycles. The van der Waals surface area contributed by atoms with Gasteiger partial charge in [0.05, 0.1) is 18.1 Å². The zero-order valence-corrected chi connectivity index (χ0v) is 10.3. The minimum absolute atomic E-state index is 0.00292. The molecule has 0 fully saturated rings. The number of amides is 1. The fraction of sp³-hybridized carbons (Fsp3) is 0. The molecule has 0 saturated carbocycles. The Morgan fingerprint density at radius 2 is 2.06 bits per heavy atom. The van der Waals surface area contributed by atoms with Gasteiger partial charge in [-0.15, -0.1) is 0 Å². The Morgan fingerprint density at radius 1 is 1.28 bits per heavy atom. The Hall–Kier alpha value is -1.72. The molecule has 2 aromatic rings. The molecule has 1 N–H and O–H groups in total. The smallest absolute Gasteiger partial charge is 0.276 e. The van der Waals surface area contributed by atoms with E-state index in [2.05, 4.69) is 15.3 Å². The van der Waals surface area contributed by atoms with Gasteiger partial charge < -0.3 is 5.32 Å². The van der Waals surface area contributed by atoms with E-state index in [1.165, 1.54) is 24.5 Å². The summed E-state index contributed by atoms with van der Waals surface area (Å²) in [7, 11) is 0. The number of hydrogen-bond donors (Lipinski definition) is 1. The van der Waals surface area contributed by atoms with Gasteiger partial charge in [-0.2, -0.15) is 0 Å². The first-order valence-electron chi connectivity index (χ1n) is 4.80. The van der Waals surface area contributed by atoms with Gasteiger partial charge in [0.2, 0.25) is 0 Å². The first kappa shape index (κ1) is 12.7. The molecule has 18 heavy (non-hydrogen) atoms. The van der Waals surface area contributed by atoms with E-state index in [1.807, 2.05) is 0 Å². The van der Waals surface area contributed by atoms with Crippen molar-refractivity contribution in [1.29, 1.82) is 0 Å². The van der Waals surface area contributed by atoms with Crippen LogP contribution >= 0.6 is 23.2 Å². The van der Waals surface area contributed by atoms with Gasteiger partial charge in [-0.25, -0.2) is 9.37 Å². The summed E-state index contributed by atoms with van der Waals surface area (Å²) in [6.45, 7) is 0. The number of anilines is 1. The predicted molar refractivity (Wildman–Crippen MR) is 66.4 cm³/mol. The van der Waals surface area contributed by atoms with Crippen LogP contribution in [0.25, 0.3) is 0 Å². The first-order valence-corrected chi connectivity index (χ1v) is 5.56. The van der Waals surface area contributed by atoms with Crippen LogP contribution in [-0.4, -0.2) is 15.9 Å². The lowest BCUT2D eigenvalue weighted by Gasteiger charge is -2.05. The summed E-state index contributed by atoms with van der Waals surface area (Å²) in [5.41, 5.74) is 0.00280. The van der Waals surface area contributed by atoms with Crippen molar-refractivity contribution in [3.05, 3.63) is 52.3 Å². The Morgan fingerprint density at radius 3 is 2.72 bits per heavy atom. The van der Waals surface area contributed by atoms with Gasteiger partial charge in [0.15, 0.2) is 0 Å². The largest absolute Gasteiger partial charge is 0.318 e. The van der Waals surface area contributed by atoms with Crippen LogP contribution in [0.1, 0.15) is 10.5 Å². The minimum Gasteiger partial charge on any atom is -0.318 e. The molecule has 7 heteroatoms. The molecule has 92 valence electrons. The van der Waals surface area contributed by atoms with Gasteiger partial charge in [-0.3, -0.25) is 9.78 Å². The average molecular weight is 286 g/mol. The number of rotatable bonds is 2. The van der Waals surface area contributed by atoms with Gasteiger partial charge >= 0.3 is 0 Å². The Kier molecular flexibility index (Phi) is 3.74. The summed E-state index contributed by atoms with van der Waals surface area (Å²) in [4.78, 5) is 19.2. The molecule has 1 aromatic carbocycles. The molecule has 0 bridgehead atoms. The molecule has 0 radical (unpaired) electrons. The van der Waals surface area contributed by atoms with E-state index in [-0.39, 0.29) is 21.6 Å². The third-order valence-corrected chi connectivity index (χ3v) is 2.43. The highest BCUT2D eigenvalue weighted by Crippen LogP contribution is 2.19. The van der Waals surface area contributed by atoms with Crippen molar-refractivity contribution >= 4 is 34.8 Å². The quantitative estimate of drug-likeness (QED) is 0.922. The number of nitrogens with one attached hydrogen (secondary N) is 1. The zero-order valence-electron chi connectivity index (χ0n) is 8.82. The number of nitrogens with zero attached hydrogens (tertiary/aromatic N) is 2. The monoisotopic (exact) mass is 285 g/mol. The zero-order chi connectivity index (χ0) is 13.1. The fourth-order valence-electron chi connectivity index (χ4n) is 1.23. The van der Waals surface area contributed by atoms with Crippen LogP contribution in [0.2, 0.25) is 10.2 Å². The molecule has 0 saturated heterocycles. The lowest BCUT2D eigenvalue weighted by Crippen LogP contribution is -2.15. The van der Waals surface area contributed by atoms with Crippen molar-refractivity contribution in [3.8, 4) is 0 Å². The van der Waals surface area contributed by atoms with Crippen LogP contribution in [0.15, 0.2) is 30.6 Å². The van der Waals surface area contributed by atoms with Crippen LogP contribution < -0.4 is 5.32 Å². The first-order chi connectivity index (χ1) is 8.56. The van der Waals surface area contributed by atoms with Gasteiger partial charge in [-0.1, -0.05) is 23.2 Å². The van der Waals surface area contributed by atoms with Crippen LogP contribution in [0.4, 0.5) is 10.1 Å². The van der Waals surface area contributed by atoms with E-state index in [1.54, 1.807) is 0 Å². The molecular formula is C11H6Cl2FN3O. The normalized spacial score (nSPS) is 10.2. The van der Waals surface area contributed by atoms with E-state index in [4.69, 9.17) is 23.2 Å². The highest BCUT2D eigenvalue weighted by atomic mass is 35.5. The number of halogens is 3. The Labute approximate surface area is 112 Å². The molecule has 1 aromatic heterocycles. The van der Waals surface area contributed by atoms with Gasteiger partial charge in [-0.05, 0) is 18.2 Å². The number of hydrogen-bond acceptors (Lipinski definition) is 3. The van der Waals surface area contributed by atoms with E-state index in [0.29, 0.717) is 0 Å². The highest BCUT2D eigenvalue weighted by Gasteiger charge is 2.11. The van der Waals surface area contributed by atoms with Gasteiger partial charge in [0.25, 0.3) is 5.91 Å². The van der Waals surface area contributed by atoms with Crippen molar-refractivity contribution in [2.24, 2.45) is 0 Å². The second kappa shape index (κ2) is 5.29. The maximum absolute atomic E-state index is 13.4. The SMILES string of the molecule is O=C(Nc1ccc(Cl)cc1F)c1cncc(Cl)n1. The van der Waals surface area contributed by atoms with Crippen molar-refractivity contribution in [2.75, 3.05) is 5.32 Å². The van der Waals surface area contributed by atoms with Gasteiger partial charge in [0.1, 0.15) is 16.7 Å². The topological polar surface area (TPSA) is 54.9 Å². The lowest BCUT2D eigenvalue weighted by atomic mass is 10.3. The van der Waals surface area contributed by atoms with Crippen LogP contribution in [0.3, 0.4) is 0 Å². The number of benzene rings is 1. The molecule has 0 spiro atoms. The lowest BCUT2D eigenvalue weighted by molar-refractivity contribution is 0.102. The standard InChI is InChI=1S/C11H6Cl2FN3O/c12-6-1-2-8(7(14)3-6)17-11(18)9-4-15-5-10(13)16-9/h1-5H,(H,17,18). The summed E-state index contributed by atoms with van der Waals surface area (Å²) in [5.74, 6) is -1.24. The third-order valence-electron chi connectivity index (χ3n) is 2.02. The second-order valence-electron chi connectivity index (χ2n) is 3.31. The summed E-state index contributed by atoms with van der Waals surface area (Å²) in [6.07, 6.45) is 2.52. The average Bonchev–Trinajstić information content (AvgIpc) is 2.32. The van der Waals surface area contributed by atoms with Crippen molar-refractivity contribution in [3.63, 3.8) is 0 Å². The number of aromatic nitrogens is 2. The Bertz CT molecular complexity index is 607. The van der Waals surface area contributed by atoms with E-state index >= 15 is 0 Å². The van der Waals surface area contributed by atoms with E-state index in [9.17, 15) is 9.18 Å². The Balaban J connectivity index is 2.21. The summed E-state index contributed by atoms with van der Waals surface area (Å²) in [6, 6.07) is 3.91. The van der Waals surface area contributed by atoms with Crippen LogP contribution in [0, 0.1) is 5.82 Å². The summed E-state index contributed by atoms with van der Waals surface area (Å²) < 4.78 is 13.4. The van der Waals surface area contributed by atoms with Crippen molar-refractivity contribution in [2.45, 2.75) is 0 Å². The van der Waals surface area contributed by atoms with Crippen molar-refractivity contribution in [1.82, 2.24) is 9.97 Å². The van der Waals surface area contributed by atoms with Gasteiger partial charge in [0, 0.05) is 5.02 Å². The minimum atomic E-state index is -0.633. The number of carbonyl (C=O) groups is 1. The van der Waals surface area contributed by atoms with E-state index < -0.39 is 11.7 Å². The maximum Gasteiger partial charge on any atom is 0.276 e. The third kappa shape index (κ3) is 2.94. The maximum atomic E-state index is 13.4. The fourth-order valence-corrected chi connectivity index (χ4v) is 1.53.